The summed E-state index contributed by atoms with van der Waals surface area (Å²) in [6.45, 7) is 5.14. The van der Waals surface area contributed by atoms with Crippen LogP contribution in [0.3, 0.4) is 0 Å². The third-order valence-corrected chi connectivity index (χ3v) is 3.97. The van der Waals surface area contributed by atoms with E-state index in [0.717, 1.165) is 5.56 Å². The van der Waals surface area contributed by atoms with Crippen molar-refractivity contribution in [3.8, 4) is 0 Å². The van der Waals surface area contributed by atoms with Gasteiger partial charge >= 0.3 is 0 Å². The predicted octanol–water partition coefficient (Wildman–Crippen LogP) is 1.39. The van der Waals surface area contributed by atoms with E-state index in [2.05, 4.69) is 0 Å². The van der Waals surface area contributed by atoms with Gasteiger partial charge in [-0.1, -0.05) is 18.2 Å². The van der Waals surface area contributed by atoms with E-state index >= 15 is 0 Å². The van der Waals surface area contributed by atoms with E-state index in [0.29, 0.717) is 24.5 Å². The van der Waals surface area contributed by atoms with Gasteiger partial charge in [-0.2, -0.15) is 0 Å². The van der Waals surface area contributed by atoms with Crippen LogP contribution >= 0.6 is 0 Å². The van der Waals surface area contributed by atoms with Crippen molar-refractivity contribution < 1.29 is 9.00 Å². The molecule has 0 heterocycles. The van der Waals surface area contributed by atoms with Gasteiger partial charge < -0.3 is 10.6 Å². The summed E-state index contributed by atoms with van der Waals surface area (Å²) < 4.78 is 11.9. The molecule has 100 valence electrons. The quantitative estimate of drug-likeness (QED) is 0.793. The van der Waals surface area contributed by atoms with Crippen molar-refractivity contribution in [3.63, 3.8) is 0 Å². The minimum absolute atomic E-state index is 0.0622. The first-order valence-corrected chi connectivity index (χ1v) is 7.53. The molecule has 1 aromatic carbocycles. The Balaban J connectivity index is 2.57. The first-order chi connectivity index (χ1) is 8.58. The van der Waals surface area contributed by atoms with Crippen LogP contribution in [0, 0.1) is 0 Å². The van der Waals surface area contributed by atoms with E-state index in [1.54, 1.807) is 11.0 Å². The Morgan fingerprint density at radius 3 is 2.44 bits per heavy atom. The molecular weight excluding hydrogens is 248 g/mol. The highest BCUT2D eigenvalue weighted by molar-refractivity contribution is 7.84. The zero-order chi connectivity index (χ0) is 13.5. The van der Waals surface area contributed by atoms with Crippen LogP contribution in [0.2, 0.25) is 0 Å². The standard InChI is InChI=1S/C13H20N2O2S/c1-3-15(4-2)13(16)10-18(17)9-11-7-5-6-8-12(11)14/h5-8H,3-4,9-10,14H2,1-2H3. The molecule has 5 heteroatoms. The van der Waals surface area contributed by atoms with Crippen LogP contribution < -0.4 is 5.73 Å². The SMILES string of the molecule is CCN(CC)C(=O)CS(=O)Cc1ccccc1N. The molecule has 2 N–H and O–H groups in total. The number of amides is 1. The van der Waals surface area contributed by atoms with Gasteiger partial charge in [-0.05, 0) is 25.5 Å². The molecule has 1 amide bonds. The molecule has 1 atom stereocenters. The van der Waals surface area contributed by atoms with Crippen molar-refractivity contribution in [1.82, 2.24) is 4.90 Å². The van der Waals surface area contributed by atoms with Crippen LogP contribution in [-0.2, 0) is 21.3 Å². The smallest absolute Gasteiger partial charge is 0.235 e. The summed E-state index contributed by atoms with van der Waals surface area (Å²) in [4.78, 5) is 13.5. The molecule has 0 aliphatic rings. The number of hydrogen-bond donors (Lipinski definition) is 1. The lowest BCUT2D eigenvalue weighted by molar-refractivity contribution is -0.128. The molecule has 18 heavy (non-hydrogen) atoms. The van der Waals surface area contributed by atoms with Gasteiger partial charge in [-0.15, -0.1) is 0 Å². The second kappa shape index (κ2) is 7.16. The van der Waals surface area contributed by atoms with E-state index in [1.165, 1.54) is 0 Å². The number of para-hydroxylation sites is 1. The molecule has 1 rings (SSSR count). The second-order valence-corrected chi connectivity index (χ2v) is 5.45. The monoisotopic (exact) mass is 268 g/mol. The molecule has 4 nitrogen and oxygen atoms in total. The highest BCUT2D eigenvalue weighted by Crippen LogP contribution is 2.13. The summed E-state index contributed by atoms with van der Waals surface area (Å²) in [6, 6.07) is 7.31. The predicted molar refractivity (Wildman–Crippen MR) is 75.5 cm³/mol. The van der Waals surface area contributed by atoms with Gasteiger partial charge in [0.25, 0.3) is 0 Å². The summed E-state index contributed by atoms with van der Waals surface area (Å²) in [5.41, 5.74) is 7.24. The molecule has 0 aliphatic heterocycles. The maximum absolute atomic E-state index is 11.9. The van der Waals surface area contributed by atoms with Gasteiger partial charge in [0.1, 0.15) is 5.75 Å². The van der Waals surface area contributed by atoms with Crippen LogP contribution in [0.1, 0.15) is 19.4 Å². The van der Waals surface area contributed by atoms with E-state index < -0.39 is 10.8 Å². The molecule has 1 aromatic rings. The summed E-state index contributed by atoms with van der Waals surface area (Å²) in [6.07, 6.45) is 0. The van der Waals surface area contributed by atoms with E-state index in [9.17, 15) is 9.00 Å². The number of benzene rings is 1. The maximum atomic E-state index is 11.9. The van der Waals surface area contributed by atoms with Crippen molar-refractivity contribution in [2.75, 3.05) is 24.6 Å². The summed E-state index contributed by atoms with van der Waals surface area (Å²) in [5.74, 6) is 0.336. The zero-order valence-electron chi connectivity index (χ0n) is 10.9. The molecule has 0 aliphatic carbocycles. The third-order valence-electron chi connectivity index (χ3n) is 2.77. The van der Waals surface area contributed by atoms with Crippen LogP contribution in [0.4, 0.5) is 5.69 Å². The van der Waals surface area contributed by atoms with Crippen molar-refractivity contribution >= 4 is 22.4 Å². The largest absolute Gasteiger partial charge is 0.398 e. The third kappa shape index (κ3) is 4.14. The Morgan fingerprint density at radius 2 is 1.89 bits per heavy atom. The maximum Gasteiger partial charge on any atom is 0.235 e. The van der Waals surface area contributed by atoms with Gasteiger partial charge in [-0.25, -0.2) is 0 Å². The normalized spacial score (nSPS) is 12.1. The molecule has 0 aromatic heterocycles. The summed E-state index contributed by atoms with van der Waals surface area (Å²) >= 11 is 0. The highest BCUT2D eigenvalue weighted by atomic mass is 32.2. The highest BCUT2D eigenvalue weighted by Gasteiger charge is 2.14. The van der Waals surface area contributed by atoms with Crippen LogP contribution in [0.15, 0.2) is 24.3 Å². The van der Waals surface area contributed by atoms with Crippen molar-refractivity contribution in [2.45, 2.75) is 19.6 Å². The Kier molecular flexibility index (Phi) is 5.85. The van der Waals surface area contributed by atoms with Gasteiger partial charge in [0.2, 0.25) is 5.91 Å². The van der Waals surface area contributed by atoms with Crippen LogP contribution in [-0.4, -0.2) is 33.9 Å². The van der Waals surface area contributed by atoms with Crippen molar-refractivity contribution in [1.29, 1.82) is 0 Å². The van der Waals surface area contributed by atoms with Gasteiger partial charge in [-0.3, -0.25) is 9.00 Å². The molecule has 0 saturated carbocycles. The number of anilines is 1. The number of nitrogens with two attached hydrogens (primary N) is 1. The van der Waals surface area contributed by atoms with Crippen LogP contribution in [0.5, 0.6) is 0 Å². The van der Waals surface area contributed by atoms with E-state index in [1.807, 2.05) is 32.0 Å². The fourth-order valence-electron chi connectivity index (χ4n) is 1.70. The minimum atomic E-state index is -1.21. The molecular formula is C13H20N2O2S. The number of carbonyl (C=O) groups excluding carboxylic acids is 1. The lowest BCUT2D eigenvalue weighted by atomic mass is 10.2. The van der Waals surface area contributed by atoms with Gasteiger partial charge in [0.15, 0.2) is 0 Å². The average Bonchev–Trinajstić information content (AvgIpc) is 2.33. The molecule has 0 spiro atoms. The zero-order valence-corrected chi connectivity index (χ0v) is 11.7. The van der Waals surface area contributed by atoms with Crippen molar-refractivity contribution in [2.24, 2.45) is 0 Å². The lowest BCUT2D eigenvalue weighted by Gasteiger charge is -2.18. The Bertz CT molecular complexity index is 431. The first-order valence-electron chi connectivity index (χ1n) is 6.04. The molecule has 0 saturated heterocycles. The summed E-state index contributed by atoms with van der Waals surface area (Å²) in [7, 11) is -1.21. The van der Waals surface area contributed by atoms with Crippen molar-refractivity contribution in [3.05, 3.63) is 29.8 Å². The fourth-order valence-corrected chi connectivity index (χ4v) is 2.87. The second-order valence-electron chi connectivity index (χ2n) is 3.99. The molecule has 0 bridgehead atoms. The molecule has 0 fully saturated rings. The first kappa shape index (κ1) is 14.7. The Morgan fingerprint density at radius 1 is 1.28 bits per heavy atom. The van der Waals surface area contributed by atoms with Crippen LogP contribution in [0.25, 0.3) is 0 Å². The number of carbonyl (C=O) groups is 1. The topological polar surface area (TPSA) is 63.4 Å². The van der Waals surface area contributed by atoms with Gasteiger partial charge in [0.05, 0.1) is 5.75 Å². The molecule has 1 unspecified atom stereocenters. The van der Waals surface area contributed by atoms with E-state index in [-0.39, 0.29) is 11.7 Å². The minimum Gasteiger partial charge on any atom is -0.398 e. The van der Waals surface area contributed by atoms with E-state index in [4.69, 9.17) is 5.73 Å². The number of nitrogen functional groups attached to an aromatic ring is 1. The Hall–Kier alpha value is -1.36. The lowest BCUT2D eigenvalue weighted by Crippen LogP contribution is -2.34. The summed E-state index contributed by atoms with van der Waals surface area (Å²) in [5, 5.41) is 0. The number of hydrogen-bond acceptors (Lipinski definition) is 3. The number of nitrogens with zero attached hydrogens (tertiary/aromatic N) is 1. The molecule has 0 radical (unpaired) electrons. The Labute approximate surface area is 111 Å². The average molecular weight is 268 g/mol. The number of rotatable bonds is 6. The van der Waals surface area contributed by atoms with Gasteiger partial charge in [0, 0.05) is 29.6 Å². The fraction of sp³-hybridized carbons (Fsp3) is 0.462.